The number of carboxylic acid groups (broad SMARTS) is 1. The number of furan rings is 1. The van der Waals surface area contributed by atoms with E-state index in [1.54, 1.807) is 54.6 Å². The molecule has 4 aromatic rings. The third kappa shape index (κ3) is 3.58. The topological polar surface area (TPSA) is 93.6 Å². The highest BCUT2D eigenvalue weighted by Gasteiger charge is 2.26. The number of halogens is 1. The lowest BCUT2D eigenvalue weighted by Gasteiger charge is -2.08. The maximum atomic E-state index is 11.6. The zero-order chi connectivity index (χ0) is 20.5. The quantitative estimate of drug-likeness (QED) is 0.325. The number of rotatable bonds is 5. The molecule has 0 aliphatic rings. The fourth-order valence-electron chi connectivity index (χ4n) is 3.42. The van der Waals surface area contributed by atoms with Crippen LogP contribution in [0.5, 0.6) is 0 Å². The van der Waals surface area contributed by atoms with E-state index >= 15 is 0 Å². The van der Waals surface area contributed by atoms with Gasteiger partial charge in [-0.05, 0) is 46.5 Å². The molecule has 0 aliphatic carbocycles. The monoisotopic (exact) mass is 407 g/mol. The Morgan fingerprint density at radius 2 is 1.83 bits per heavy atom. The Balaban J connectivity index is 1.96. The summed E-state index contributed by atoms with van der Waals surface area (Å²) in [7, 11) is 0. The summed E-state index contributed by atoms with van der Waals surface area (Å²) in [4.78, 5) is 22.2. The Morgan fingerprint density at radius 1 is 1.03 bits per heavy atom. The number of fused-ring (bicyclic) bond motifs is 1. The smallest absolute Gasteiger partial charge is 0.442 e. The standard InChI is InChI=1S/C22H14ClNO5/c23-16-6-3-5-15(10-16)21-18-11-14(8-9-19(18)29-22(21)24(27)28)17-7-2-1-4-13(17)12-20(25)26/h1-11H,12H2,(H,25,26). The van der Waals surface area contributed by atoms with E-state index in [9.17, 15) is 20.0 Å². The summed E-state index contributed by atoms with van der Waals surface area (Å²) in [6.07, 6.45) is -0.124. The van der Waals surface area contributed by atoms with Crippen LogP contribution >= 0.6 is 11.6 Å². The van der Waals surface area contributed by atoms with Crippen molar-refractivity contribution in [3.05, 3.63) is 87.4 Å². The molecule has 0 saturated heterocycles. The molecule has 3 aromatic carbocycles. The molecule has 0 atom stereocenters. The summed E-state index contributed by atoms with van der Waals surface area (Å²) in [5, 5.41) is 21.8. The average Bonchev–Trinajstić information content (AvgIpc) is 3.07. The number of hydrogen-bond acceptors (Lipinski definition) is 4. The molecule has 7 heteroatoms. The van der Waals surface area contributed by atoms with Crippen molar-refractivity contribution in [2.75, 3.05) is 0 Å². The Bertz CT molecular complexity index is 1260. The molecular formula is C22H14ClNO5. The first-order chi connectivity index (χ1) is 13.9. The van der Waals surface area contributed by atoms with Crippen LogP contribution in [0, 0.1) is 10.1 Å². The lowest BCUT2D eigenvalue weighted by Crippen LogP contribution is -2.01. The first-order valence-electron chi connectivity index (χ1n) is 8.71. The molecule has 0 fully saturated rings. The predicted molar refractivity (Wildman–Crippen MR) is 110 cm³/mol. The van der Waals surface area contributed by atoms with Crippen molar-refractivity contribution in [1.29, 1.82) is 0 Å². The highest BCUT2D eigenvalue weighted by atomic mass is 35.5. The molecule has 4 rings (SSSR count). The number of carbonyl (C=O) groups is 1. The van der Waals surface area contributed by atoms with E-state index in [1.165, 1.54) is 0 Å². The van der Waals surface area contributed by atoms with Crippen molar-refractivity contribution < 1.29 is 19.2 Å². The molecule has 0 amide bonds. The maximum Gasteiger partial charge on any atom is 0.442 e. The van der Waals surface area contributed by atoms with Gasteiger partial charge in [-0.1, -0.05) is 54.1 Å². The van der Waals surface area contributed by atoms with Gasteiger partial charge in [-0.15, -0.1) is 0 Å². The predicted octanol–water partition coefficient (Wildman–Crippen LogP) is 5.96. The molecule has 0 radical (unpaired) electrons. The largest absolute Gasteiger partial charge is 0.481 e. The maximum absolute atomic E-state index is 11.6. The summed E-state index contributed by atoms with van der Waals surface area (Å²) in [5.41, 5.74) is 3.42. The second kappa shape index (κ2) is 7.41. The first-order valence-corrected chi connectivity index (χ1v) is 9.09. The molecule has 1 N–H and O–H groups in total. The zero-order valence-electron chi connectivity index (χ0n) is 15.0. The zero-order valence-corrected chi connectivity index (χ0v) is 15.7. The first kappa shape index (κ1) is 18.7. The highest BCUT2D eigenvalue weighted by molar-refractivity contribution is 6.31. The van der Waals surface area contributed by atoms with E-state index in [4.69, 9.17) is 16.0 Å². The van der Waals surface area contributed by atoms with Gasteiger partial charge >= 0.3 is 11.9 Å². The van der Waals surface area contributed by atoms with E-state index in [2.05, 4.69) is 0 Å². The van der Waals surface area contributed by atoms with Crippen molar-refractivity contribution in [3.63, 3.8) is 0 Å². The van der Waals surface area contributed by atoms with Crippen LogP contribution in [-0.2, 0) is 11.2 Å². The number of nitrogens with zero attached hydrogens (tertiary/aromatic N) is 1. The van der Waals surface area contributed by atoms with E-state index in [0.29, 0.717) is 32.7 Å². The van der Waals surface area contributed by atoms with Gasteiger partial charge in [-0.25, -0.2) is 0 Å². The Labute approximate surface area is 170 Å². The van der Waals surface area contributed by atoms with Gasteiger partial charge in [0.05, 0.1) is 6.42 Å². The molecule has 144 valence electrons. The van der Waals surface area contributed by atoms with Crippen LogP contribution in [0.3, 0.4) is 0 Å². The summed E-state index contributed by atoms with van der Waals surface area (Å²) >= 11 is 6.09. The number of benzene rings is 3. The molecule has 6 nitrogen and oxygen atoms in total. The SMILES string of the molecule is O=C(O)Cc1ccccc1-c1ccc2oc([N+](=O)[O-])c(-c3cccc(Cl)c3)c2c1. The molecule has 0 aliphatic heterocycles. The molecule has 1 aromatic heterocycles. The van der Waals surface area contributed by atoms with Crippen LogP contribution in [-0.4, -0.2) is 16.0 Å². The lowest BCUT2D eigenvalue weighted by atomic mass is 9.95. The third-order valence-corrected chi connectivity index (χ3v) is 4.85. The molecular weight excluding hydrogens is 394 g/mol. The normalized spacial score (nSPS) is 10.9. The minimum absolute atomic E-state index is 0.124. The summed E-state index contributed by atoms with van der Waals surface area (Å²) < 4.78 is 5.50. The van der Waals surface area contributed by atoms with Crippen molar-refractivity contribution in [3.8, 4) is 22.3 Å². The lowest BCUT2D eigenvalue weighted by molar-refractivity contribution is -0.400. The van der Waals surface area contributed by atoms with Crippen LogP contribution in [0.25, 0.3) is 33.2 Å². The number of aliphatic carboxylic acids is 1. The second-order valence-electron chi connectivity index (χ2n) is 6.49. The van der Waals surface area contributed by atoms with Crippen molar-refractivity contribution in [1.82, 2.24) is 0 Å². The minimum Gasteiger partial charge on any atom is -0.481 e. The summed E-state index contributed by atoms with van der Waals surface area (Å²) in [6.45, 7) is 0. The molecule has 0 unspecified atom stereocenters. The van der Waals surface area contributed by atoms with Gasteiger partial charge in [0.2, 0.25) is 0 Å². The van der Waals surface area contributed by atoms with Gasteiger partial charge in [0, 0.05) is 10.4 Å². The van der Waals surface area contributed by atoms with Crippen molar-refractivity contribution in [2.45, 2.75) is 6.42 Å². The number of carboxylic acids is 1. The van der Waals surface area contributed by atoms with Gasteiger partial charge in [0.25, 0.3) is 0 Å². The molecule has 1 heterocycles. The molecule has 0 bridgehead atoms. The minimum atomic E-state index is -0.933. The van der Waals surface area contributed by atoms with Gasteiger partial charge in [0.15, 0.2) is 0 Å². The van der Waals surface area contributed by atoms with Gasteiger partial charge in [-0.3, -0.25) is 14.9 Å². The Hall–Kier alpha value is -3.64. The van der Waals surface area contributed by atoms with Crippen molar-refractivity contribution >= 4 is 34.4 Å². The fraction of sp³-hybridized carbons (Fsp3) is 0.0455. The van der Waals surface area contributed by atoms with Gasteiger partial charge in [-0.2, -0.15) is 0 Å². The average molecular weight is 408 g/mol. The van der Waals surface area contributed by atoms with Crippen LogP contribution in [0.1, 0.15) is 5.56 Å². The molecule has 0 saturated carbocycles. The summed E-state index contributed by atoms with van der Waals surface area (Å²) in [5.74, 6) is -1.30. The second-order valence-corrected chi connectivity index (χ2v) is 6.92. The van der Waals surface area contributed by atoms with Gasteiger partial charge < -0.3 is 9.52 Å². The van der Waals surface area contributed by atoms with E-state index < -0.39 is 10.9 Å². The van der Waals surface area contributed by atoms with Crippen LogP contribution in [0.4, 0.5) is 5.88 Å². The van der Waals surface area contributed by atoms with Crippen LogP contribution in [0.2, 0.25) is 5.02 Å². The van der Waals surface area contributed by atoms with E-state index in [0.717, 1.165) is 11.1 Å². The van der Waals surface area contributed by atoms with Gasteiger partial charge in [0.1, 0.15) is 16.1 Å². The van der Waals surface area contributed by atoms with E-state index in [1.807, 2.05) is 12.1 Å². The van der Waals surface area contributed by atoms with Crippen LogP contribution in [0.15, 0.2) is 71.1 Å². The number of hydrogen-bond donors (Lipinski definition) is 1. The Kier molecular flexibility index (Phi) is 4.78. The fourth-order valence-corrected chi connectivity index (χ4v) is 3.61. The Morgan fingerprint density at radius 3 is 2.55 bits per heavy atom. The number of nitro groups is 1. The third-order valence-electron chi connectivity index (χ3n) is 4.62. The van der Waals surface area contributed by atoms with Crippen molar-refractivity contribution in [2.24, 2.45) is 0 Å². The van der Waals surface area contributed by atoms with E-state index in [-0.39, 0.29) is 12.3 Å². The summed E-state index contributed by atoms with van der Waals surface area (Å²) in [6, 6.07) is 19.2. The highest BCUT2D eigenvalue weighted by Crippen LogP contribution is 2.42. The molecule has 0 spiro atoms. The molecule has 29 heavy (non-hydrogen) atoms. The van der Waals surface area contributed by atoms with Crippen LogP contribution < -0.4 is 0 Å².